The maximum Gasteiger partial charge on any atom is 0.274 e. The van der Waals surface area contributed by atoms with Crippen molar-refractivity contribution in [2.75, 3.05) is 11.9 Å². The molecule has 1 aromatic heterocycles. The molecule has 2 aromatic rings. The summed E-state index contributed by atoms with van der Waals surface area (Å²) < 4.78 is 0. The number of anilines is 1. The summed E-state index contributed by atoms with van der Waals surface area (Å²) in [4.78, 5) is 39.5. The number of benzene rings is 1. The van der Waals surface area contributed by atoms with E-state index in [1.807, 2.05) is 0 Å². The molecule has 6 heteroatoms. The third kappa shape index (κ3) is 4.36. The van der Waals surface area contributed by atoms with Crippen molar-refractivity contribution in [3.05, 3.63) is 72.1 Å². The number of hydrogen-bond acceptors (Lipinski definition) is 4. The van der Waals surface area contributed by atoms with Crippen LogP contribution in [0.25, 0.3) is 0 Å². The molecular formula is C18H17N3O3. The smallest absolute Gasteiger partial charge is 0.274 e. The molecule has 2 amide bonds. The second-order valence-corrected chi connectivity index (χ2v) is 5.02. The van der Waals surface area contributed by atoms with E-state index < -0.39 is 5.91 Å². The molecule has 0 radical (unpaired) electrons. The average molecular weight is 323 g/mol. The van der Waals surface area contributed by atoms with Gasteiger partial charge in [-0.05, 0) is 31.2 Å². The zero-order chi connectivity index (χ0) is 17.5. The molecular weight excluding hydrogens is 306 g/mol. The Morgan fingerprint density at radius 3 is 2.62 bits per heavy atom. The largest absolute Gasteiger partial charge is 0.349 e. The molecule has 0 spiro atoms. The van der Waals surface area contributed by atoms with Gasteiger partial charge in [0.2, 0.25) is 0 Å². The molecule has 0 atom stereocenters. The van der Waals surface area contributed by atoms with Crippen LogP contribution in [0.5, 0.6) is 0 Å². The van der Waals surface area contributed by atoms with Gasteiger partial charge in [0.05, 0.1) is 0 Å². The Morgan fingerprint density at radius 2 is 1.92 bits per heavy atom. The summed E-state index contributed by atoms with van der Waals surface area (Å²) in [6, 6.07) is 9.53. The Labute approximate surface area is 139 Å². The molecule has 122 valence electrons. The first-order chi connectivity index (χ1) is 11.5. The maximum absolute atomic E-state index is 12.3. The summed E-state index contributed by atoms with van der Waals surface area (Å²) in [5.41, 5.74) is 1.42. The maximum atomic E-state index is 12.3. The molecule has 0 aliphatic rings. The molecule has 0 unspecified atom stereocenters. The summed E-state index contributed by atoms with van der Waals surface area (Å²) in [6.07, 6.45) is 2.96. The fourth-order valence-electron chi connectivity index (χ4n) is 1.97. The van der Waals surface area contributed by atoms with Gasteiger partial charge in [0, 0.05) is 29.6 Å². The van der Waals surface area contributed by atoms with Gasteiger partial charge in [-0.3, -0.25) is 19.4 Å². The van der Waals surface area contributed by atoms with Crippen LogP contribution in [-0.2, 0) is 0 Å². The lowest BCUT2D eigenvalue weighted by atomic mass is 10.1. The number of carbonyl (C=O) groups is 3. The summed E-state index contributed by atoms with van der Waals surface area (Å²) in [5, 5.41) is 5.29. The van der Waals surface area contributed by atoms with Crippen molar-refractivity contribution in [2.45, 2.75) is 6.92 Å². The lowest BCUT2D eigenvalue weighted by molar-refractivity contribution is 0.0956. The van der Waals surface area contributed by atoms with Crippen LogP contribution in [0.1, 0.15) is 38.1 Å². The Bertz CT molecular complexity index is 800. The minimum atomic E-state index is -0.464. The number of nitrogens with one attached hydrogen (secondary N) is 2. The van der Waals surface area contributed by atoms with Crippen molar-refractivity contribution < 1.29 is 14.4 Å². The van der Waals surface area contributed by atoms with Crippen LogP contribution in [0, 0.1) is 0 Å². The predicted molar refractivity (Wildman–Crippen MR) is 91.2 cm³/mol. The number of Topliss-reactive ketones (excluding diaryl/α,β-unsaturated/α-hetero) is 1. The van der Waals surface area contributed by atoms with Crippen LogP contribution in [0.4, 0.5) is 5.69 Å². The number of aromatic nitrogens is 1. The number of ketones is 1. The van der Waals surface area contributed by atoms with Crippen LogP contribution in [0.2, 0.25) is 0 Å². The van der Waals surface area contributed by atoms with Gasteiger partial charge in [-0.2, -0.15) is 0 Å². The van der Waals surface area contributed by atoms with Crippen LogP contribution >= 0.6 is 0 Å². The molecule has 0 aliphatic heterocycles. The molecule has 0 aliphatic carbocycles. The Kier molecular flexibility index (Phi) is 5.57. The zero-order valence-electron chi connectivity index (χ0n) is 13.2. The van der Waals surface area contributed by atoms with Crippen LogP contribution in [0.15, 0.2) is 55.3 Å². The highest BCUT2D eigenvalue weighted by Gasteiger charge is 2.12. The van der Waals surface area contributed by atoms with E-state index in [1.165, 1.54) is 25.3 Å². The Balaban J connectivity index is 2.15. The number of nitrogens with zero attached hydrogens (tertiary/aromatic N) is 1. The van der Waals surface area contributed by atoms with Gasteiger partial charge in [0.25, 0.3) is 11.8 Å². The normalized spacial score (nSPS) is 9.88. The minimum absolute atomic E-state index is 0.0925. The molecule has 6 nitrogen and oxygen atoms in total. The highest BCUT2D eigenvalue weighted by Crippen LogP contribution is 2.13. The van der Waals surface area contributed by atoms with Crippen molar-refractivity contribution in [3.8, 4) is 0 Å². The first-order valence-corrected chi connectivity index (χ1v) is 7.28. The van der Waals surface area contributed by atoms with Gasteiger partial charge in [-0.25, -0.2) is 0 Å². The van der Waals surface area contributed by atoms with Crippen molar-refractivity contribution in [1.29, 1.82) is 0 Å². The highest BCUT2D eigenvalue weighted by molar-refractivity contribution is 6.05. The molecule has 2 N–H and O–H groups in total. The zero-order valence-corrected chi connectivity index (χ0v) is 13.2. The highest BCUT2D eigenvalue weighted by atomic mass is 16.2. The van der Waals surface area contributed by atoms with E-state index in [0.29, 0.717) is 23.4 Å². The van der Waals surface area contributed by atoms with Crippen molar-refractivity contribution in [1.82, 2.24) is 10.3 Å². The Morgan fingerprint density at radius 1 is 1.12 bits per heavy atom. The van der Waals surface area contributed by atoms with E-state index in [1.54, 1.807) is 30.3 Å². The van der Waals surface area contributed by atoms with E-state index in [9.17, 15) is 14.4 Å². The fraction of sp³-hybridized carbons (Fsp3) is 0.111. The molecule has 2 rings (SSSR count). The van der Waals surface area contributed by atoms with E-state index in [4.69, 9.17) is 0 Å². The van der Waals surface area contributed by atoms with E-state index in [-0.39, 0.29) is 17.4 Å². The second kappa shape index (κ2) is 7.82. The first-order valence-electron chi connectivity index (χ1n) is 7.28. The van der Waals surface area contributed by atoms with Gasteiger partial charge >= 0.3 is 0 Å². The summed E-state index contributed by atoms with van der Waals surface area (Å²) in [7, 11) is 0. The standard InChI is InChI=1S/C18H17N3O3/c1-3-8-20-17(23)14-7-9-19-16(11-14)18(24)21-15-6-4-5-13(10-15)12(2)22/h3-7,9-11H,1,8H2,2H3,(H,20,23)(H,21,24). The van der Waals surface area contributed by atoms with E-state index in [0.717, 1.165) is 0 Å². The van der Waals surface area contributed by atoms with Crippen molar-refractivity contribution >= 4 is 23.3 Å². The van der Waals surface area contributed by atoms with E-state index >= 15 is 0 Å². The quantitative estimate of drug-likeness (QED) is 0.631. The van der Waals surface area contributed by atoms with Crippen molar-refractivity contribution in [3.63, 3.8) is 0 Å². The number of amides is 2. The molecule has 1 heterocycles. The lowest BCUT2D eigenvalue weighted by Gasteiger charge is -2.07. The molecule has 0 saturated carbocycles. The molecule has 0 saturated heterocycles. The first kappa shape index (κ1) is 17.1. The third-order valence-corrected chi connectivity index (χ3v) is 3.19. The Hall–Kier alpha value is -3.28. The van der Waals surface area contributed by atoms with Gasteiger partial charge in [-0.15, -0.1) is 6.58 Å². The molecule has 24 heavy (non-hydrogen) atoms. The summed E-state index contributed by atoms with van der Waals surface area (Å²) >= 11 is 0. The number of rotatable bonds is 6. The van der Waals surface area contributed by atoms with Gasteiger partial charge in [0.15, 0.2) is 5.78 Å². The monoisotopic (exact) mass is 323 g/mol. The van der Waals surface area contributed by atoms with Gasteiger partial charge in [-0.1, -0.05) is 18.2 Å². The van der Waals surface area contributed by atoms with Gasteiger partial charge in [0.1, 0.15) is 5.69 Å². The van der Waals surface area contributed by atoms with E-state index in [2.05, 4.69) is 22.2 Å². The number of carbonyl (C=O) groups excluding carboxylic acids is 3. The fourth-order valence-corrected chi connectivity index (χ4v) is 1.97. The summed E-state index contributed by atoms with van der Waals surface area (Å²) in [5.74, 6) is -0.871. The van der Waals surface area contributed by atoms with Crippen LogP contribution in [-0.4, -0.2) is 29.1 Å². The van der Waals surface area contributed by atoms with Gasteiger partial charge < -0.3 is 10.6 Å². The number of pyridine rings is 1. The average Bonchev–Trinajstić information content (AvgIpc) is 2.60. The molecule has 1 aromatic carbocycles. The summed E-state index contributed by atoms with van der Waals surface area (Å²) in [6.45, 7) is 5.31. The van der Waals surface area contributed by atoms with Crippen LogP contribution in [0.3, 0.4) is 0 Å². The number of hydrogen-bond donors (Lipinski definition) is 2. The predicted octanol–water partition coefficient (Wildman–Crippen LogP) is 2.45. The molecule has 0 fully saturated rings. The lowest BCUT2D eigenvalue weighted by Crippen LogP contribution is -2.24. The van der Waals surface area contributed by atoms with Crippen molar-refractivity contribution in [2.24, 2.45) is 0 Å². The van der Waals surface area contributed by atoms with Crippen LogP contribution < -0.4 is 10.6 Å². The molecule has 0 bridgehead atoms. The second-order valence-electron chi connectivity index (χ2n) is 5.02. The SMILES string of the molecule is C=CCNC(=O)c1ccnc(C(=O)Nc2cccc(C(C)=O)c2)c1. The third-order valence-electron chi connectivity index (χ3n) is 3.19. The minimum Gasteiger partial charge on any atom is -0.349 e. The topological polar surface area (TPSA) is 88.2 Å².